The van der Waals surface area contributed by atoms with E-state index >= 15 is 0 Å². The van der Waals surface area contributed by atoms with E-state index in [1.165, 1.54) is 6.92 Å². The quantitative estimate of drug-likeness (QED) is 0.838. The molecule has 1 aromatic carbocycles. The van der Waals surface area contributed by atoms with Gasteiger partial charge in [0, 0.05) is 0 Å². The molecule has 0 spiro atoms. The SMILES string of the molecule is Cc1ccc(C(F)(F)F)cc1N(S(=O)O)S(=O)O. The van der Waals surface area contributed by atoms with Crippen LogP contribution >= 0.6 is 0 Å². The smallest absolute Gasteiger partial charge is 0.288 e. The Morgan fingerprint density at radius 3 is 2.06 bits per heavy atom. The van der Waals surface area contributed by atoms with E-state index in [-0.39, 0.29) is 9.27 Å². The van der Waals surface area contributed by atoms with E-state index in [0.717, 1.165) is 12.1 Å². The number of anilines is 1. The highest BCUT2D eigenvalue weighted by Gasteiger charge is 2.32. The fourth-order valence-electron chi connectivity index (χ4n) is 1.21. The average molecular weight is 303 g/mol. The average Bonchev–Trinajstić information content (AvgIpc) is 2.18. The lowest BCUT2D eigenvalue weighted by Crippen LogP contribution is -2.28. The summed E-state index contributed by atoms with van der Waals surface area (Å²) in [7, 11) is 0. The Labute approximate surface area is 105 Å². The summed E-state index contributed by atoms with van der Waals surface area (Å²) in [6.45, 7) is 1.35. The van der Waals surface area contributed by atoms with Crippen molar-refractivity contribution in [2.24, 2.45) is 0 Å². The molecule has 0 radical (unpaired) electrons. The number of halogens is 3. The van der Waals surface area contributed by atoms with Crippen LogP contribution in [0, 0.1) is 6.92 Å². The van der Waals surface area contributed by atoms with Crippen molar-refractivity contribution in [2.45, 2.75) is 13.1 Å². The van der Waals surface area contributed by atoms with Gasteiger partial charge in [-0.2, -0.15) is 16.9 Å². The second-order valence-electron chi connectivity index (χ2n) is 3.22. The van der Waals surface area contributed by atoms with Gasteiger partial charge in [-0.1, -0.05) is 6.07 Å². The summed E-state index contributed by atoms with van der Waals surface area (Å²) in [5, 5.41) is 0. The number of alkyl halides is 3. The normalized spacial score (nSPS) is 15.2. The summed E-state index contributed by atoms with van der Waals surface area (Å²) < 4.78 is 76.8. The molecule has 0 aliphatic carbocycles. The van der Waals surface area contributed by atoms with Crippen LogP contribution in [0.3, 0.4) is 0 Å². The molecule has 0 saturated carbocycles. The standard InChI is InChI=1S/C8H8F3NO4S2/c1-5-2-3-6(8(9,10)11)4-7(5)12(17(13)14)18(15)16/h2-4H,1H3,(H,13,14)(H,15,16). The molecule has 1 rings (SSSR count). The molecule has 0 saturated heterocycles. The first-order chi connectivity index (χ1) is 8.14. The second-order valence-corrected chi connectivity index (χ2v) is 5.10. The van der Waals surface area contributed by atoms with Crippen LogP contribution in [0.2, 0.25) is 0 Å². The van der Waals surface area contributed by atoms with Crippen LogP contribution in [0.25, 0.3) is 0 Å². The molecule has 0 aromatic heterocycles. The van der Waals surface area contributed by atoms with E-state index in [1.54, 1.807) is 0 Å². The van der Waals surface area contributed by atoms with E-state index in [2.05, 4.69) is 0 Å². The maximum atomic E-state index is 12.5. The van der Waals surface area contributed by atoms with Crippen LogP contribution < -0.4 is 3.71 Å². The van der Waals surface area contributed by atoms with Gasteiger partial charge in [0.15, 0.2) is 0 Å². The van der Waals surface area contributed by atoms with Gasteiger partial charge in [0.2, 0.25) is 0 Å². The highest BCUT2D eigenvalue weighted by molar-refractivity contribution is 7.99. The Morgan fingerprint density at radius 1 is 1.17 bits per heavy atom. The van der Waals surface area contributed by atoms with E-state index < -0.39 is 40.0 Å². The van der Waals surface area contributed by atoms with Gasteiger partial charge in [0.1, 0.15) is 0 Å². The van der Waals surface area contributed by atoms with Crippen molar-refractivity contribution in [3.8, 4) is 0 Å². The third-order valence-electron chi connectivity index (χ3n) is 2.02. The first kappa shape index (κ1) is 15.1. The number of rotatable bonds is 3. The van der Waals surface area contributed by atoms with Gasteiger partial charge in [-0.05, 0) is 24.6 Å². The minimum Gasteiger partial charge on any atom is -0.288 e. The third-order valence-corrected chi connectivity index (χ3v) is 3.74. The number of benzene rings is 1. The molecule has 5 nitrogen and oxygen atoms in total. The molecule has 2 N–H and O–H groups in total. The molecule has 1 aromatic rings. The summed E-state index contributed by atoms with van der Waals surface area (Å²) >= 11 is -5.83. The van der Waals surface area contributed by atoms with Gasteiger partial charge in [0.05, 0.1) is 11.3 Å². The monoisotopic (exact) mass is 303 g/mol. The molecule has 0 amide bonds. The molecule has 18 heavy (non-hydrogen) atoms. The summed E-state index contributed by atoms with van der Waals surface area (Å²) in [5.41, 5.74) is -1.36. The van der Waals surface area contributed by atoms with Gasteiger partial charge < -0.3 is 0 Å². The van der Waals surface area contributed by atoms with Gasteiger partial charge in [-0.25, -0.2) is 8.42 Å². The number of aryl methyl sites for hydroxylation is 1. The van der Waals surface area contributed by atoms with Crippen LogP contribution in [0.4, 0.5) is 18.9 Å². The van der Waals surface area contributed by atoms with E-state index in [9.17, 15) is 21.6 Å². The van der Waals surface area contributed by atoms with Crippen molar-refractivity contribution in [1.29, 1.82) is 0 Å². The highest BCUT2D eigenvalue weighted by atomic mass is 32.3. The zero-order valence-corrected chi connectivity index (χ0v) is 10.5. The molecule has 0 aliphatic heterocycles. The molecule has 102 valence electrons. The Balaban J connectivity index is 3.39. The Kier molecular flexibility index (Phi) is 4.48. The summed E-state index contributed by atoms with van der Waals surface area (Å²) in [5.74, 6) is 0. The Hall–Kier alpha value is -0.970. The fraction of sp³-hybridized carbons (Fsp3) is 0.250. The van der Waals surface area contributed by atoms with Gasteiger partial charge >= 0.3 is 6.18 Å². The zero-order valence-electron chi connectivity index (χ0n) is 8.84. The maximum Gasteiger partial charge on any atom is 0.416 e. The van der Waals surface area contributed by atoms with Gasteiger partial charge in [-0.15, -0.1) is 0 Å². The number of hydrogen-bond donors (Lipinski definition) is 2. The molecule has 0 heterocycles. The van der Waals surface area contributed by atoms with Crippen LogP contribution in [-0.2, 0) is 28.7 Å². The minimum atomic E-state index is -4.65. The first-order valence-electron chi connectivity index (χ1n) is 4.34. The van der Waals surface area contributed by atoms with E-state index in [0.29, 0.717) is 6.07 Å². The highest BCUT2D eigenvalue weighted by Crippen LogP contribution is 2.33. The van der Waals surface area contributed by atoms with Crippen LogP contribution in [0.5, 0.6) is 0 Å². The lowest BCUT2D eigenvalue weighted by Gasteiger charge is -2.18. The topological polar surface area (TPSA) is 77.8 Å². The van der Waals surface area contributed by atoms with Crippen LogP contribution in [0.15, 0.2) is 18.2 Å². The molecular formula is C8H8F3NO4S2. The lowest BCUT2D eigenvalue weighted by atomic mass is 10.1. The largest absolute Gasteiger partial charge is 0.416 e. The number of nitrogens with zero attached hydrogens (tertiary/aromatic N) is 1. The van der Waals surface area contributed by atoms with E-state index in [1.807, 2.05) is 0 Å². The fourth-order valence-corrected chi connectivity index (χ4v) is 2.37. The van der Waals surface area contributed by atoms with Gasteiger partial charge in [0.25, 0.3) is 22.5 Å². The van der Waals surface area contributed by atoms with Crippen molar-refractivity contribution in [2.75, 3.05) is 3.71 Å². The molecule has 2 atom stereocenters. The van der Waals surface area contributed by atoms with Gasteiger partial charge in [-0.3, -0.25) is 9.11 Å². The summed E-state index contributed by atoms with van der Waals surface area (Å²) in [4.78, 5) is 0. The van der Waals surface area contributed by atoms with Crippen LogP contribution in [0.1, 0.15) is 11.1 Å². The number of hydrogen-bond acceptors (Lipinski definition) is 2. The molecular weight excluding hydrogens is 295 g/mol. The van der Waals surface area contributed by atoms with E-state index in [4.69, 9.17) is 9.11 Å². The van der Waals surface area contributed by atoms with Crippen molar-refractivity contribution >= 4 is 28.2 Å². The Bertz CT molecular complexity index is 492. The van der Waals surface area contributed by atoms with Crippen LogP contribution in [-0.4, -0.2) is 17.5 Å². The molecule has 10 heteroatoms. The molecule has 2 unspecified atom stereocenters. The van der Waals surface area contributed by atoms with Crippen molar-refractivity contribution in [1.82, 2.24) is 0 Å². The van der Waals surface area contributed by atoms with Crippen molar-refractivity contribution < 1.29 is 30.7 Å². The maximum absolute atomic E-state index is 12.5. The third kappa shape index (κ3) is 3.28. The molecule has 0 aliphatic rings. The predicted molar refractivity (Wildman–Crippen MR) is 60.2 cm³/mol. The second kappa shape index (κ2) is 5.34. The lowest BCUT2D eigenvalue weighted by molar-refractivity contribution is -0.137. The Morgan fingerprint density at radius 2 is 1.67 bits per heavy atom. The predicted octanol–water partition coefficient (Wildman–Crippen LogP) is 2.09. The van der Waals surface area contributed by atoms with Crippen molar-refractivity contribution in [3.63, 3.8) is 0 Å². The molecule has 0 fully saturated rings. The summed E-state index contributed by atoms with van der Waals surface area (Å²) in [6.07, 6.45) is -4.65. The first-order valence-corrected chi connectivity index (χ1v) is 6.47. The summed E-state index contributed by atoms with van der Waals surface area (Å²) in [6, 6.07) is 2.36. The minimum absolute atomic E-state index is 0.0601. The zero-order chi connectivity index (χ0) is 14.1. The molecule has 0 bridgehead atoms. The van der Waals surface area contributed by atoms with Crippen molar-refractivity contribution in [3.05, 3.63) is 29.3 Å².